The molecule has 1 saturated heterocycles. The van der Waals surface area contributed by atoms with E-state index in [2.05, 4.69) is 13.8 Å². The van der Waals surface area contributed by atoms with Crippen molar-refractivity contribution in [2.45, 2.75) is 46.0 Å². The standard InChI is InChI=1S/C12H22O/c1-3-10(2)11-4-6-12(7-5-11)8-13-9-12/h10-11H,3-9H2,1-2H3. The maximum Gasteiger partial charge on any atom is 0.0544 e. The van der Waals surface area contributed by atoms with Crippen LogP contribution < -0.4 is 0 Å². The van der Waals surface area contributed by atoms with Crippen molar-refractivity contribution >= 4 is 0 Å². The molecule has 1 spiro atoms. The Morgan fingerprint density at radius 1 is 1.31 bits per heavy atom. The largest absolute Gasteiger partial charge is 0.380 e. The summed E-state index contributed by atoms with van der Waals surface area (Å²) >= 11 is 0. The number of hydrogen-bond donors (Lipinski definition) is 0. The van der Waals surface area contributed by atoms with Crippen molar-refractivity contribution in [3.63, 3.8) is 0 Å². The number of rotatable bonds is 2. The van der Waals surface area contributed by atoms with Crippen LogP contribution in [-0.2, 0) is 4.74 Å². The molecule has 1 saturated carbocycles. The zero-order chi connectivity index (χ0) is 9.31. The fraction of sp³-hybridized carbons (Fsp3) is 1.00. The molecule has 1 nitrogen and oxygen atoms in total. The van der Waals surface area contributed by atoms with Crippen LogP contribution in [0.15, 0.2) is 0 Å². The van der Waals surface area contributed by atoms with E-state index in [-0.39, 0.29) is 0 Å². The van der Waals surface area contributed by atoms with Crippen molar-refractivity contribution in [3.8, 4) is 0 Å². The van der Waals surface area contributed by atoms with Crippen molar-refractivity contribution in [2.75, 3.05) is 13.2 Å². The summed E-state index contributed by atoms with van der Waals surface area (Å²) in [5.74, 6) is 1.95. The lowest BCUT2D eigenvalue weighted by atomic mass is 9.66. The molecule has 0 bridgehead atoms. The molecule has 1 unspecified atom stereocenters. The number of ether oxygens (including phenoxy) is 1. The molecule has 1 heterocycles. The summed E-state index contributed by atoms with van der Waals surface area (Å²) in [7, 11) is 0. The topological polar surface area (TPSA) is 9.23 Å². The van der Waals surface area contributed by atoms with Crippen LogP contribution in [0.5, 0.6) is 0 Å². The summed E-state index contributed by atoms with van der Waals surface area (Å²) in [5, 5.41) is 0. The summed E-state index contributed by atoms with van der Waals surface area (Å²) in [5.41, 5.74) is 0.643. The van der Waals surface area contributed by atoms with Crippen LogP contribution in [-0.4, -0.2) is 13.2 Å². The molecule has 2 rings (SSSR count). The number of hydrogen-bond acceptors (Lipinski definition) is 1. The predicted molar refractivity (Wildman–Crippen MR) is 54.7 cm³/mol. The minimum absolute atomic E-state index is 0.643. The van der Waals surface area contributed by atoms with Gasteiger partial charge in [0.25, 0.3) is 0 Å². The minimum Gasteiger partial charge on any atom is -0.380 e. The molecule has 2 aliphatic rings. The first-order chi connectivity index (χ1) is 6.26. The van der Waals surface area contributed by atoms with Crippen LogP contribution in [0, 0.1) is 17.3 Å². The van der Waals surface area contributed by atoms with Gasteiger partial charge in [-0.1, -0.05) is 20.3 Å². The van der Waals surface area contributed by atoms with E-state index in [9.17, 15) is 0 Å². The maximum absolute atomic E-state index is 5.34. The second-order valence-electron chi connectivity index (χ2n) is 5.22. The Morgan fingerprint density at radius 2 is 1.92 bits per heavy atom. The highest BCUT2D eigenvalue weighted by Crippen LogP contribution is 2.46. The van der Waals surface area contributed by atoms with Crippen molar-refractivity contribution < 1.29 is 4.74 Å². The van der Waals surface area contributed by atoms with Gasteiger partial charge in [0, 0.05) is 5.41 Å². The molecule has 0 amide bonds. The van der Waals surface area contributed by atoms with E-state index in [1.165, 1.54) is 32.1 Å². The van der Waals surface area contributed by atoms with E-state index in [1.807, 2.05) is 0 Å². The molecule has 0 N–H and O–H groups in total. The molecule has 2 fully saturated rings. The lowest BCUT2D eigenvalue weighted by Crippen LogP contribution is -2.45. The molecule has 1 heteroatoms. The van der Waals surface area contributed by atoms with E-state index >= 15 is 0 Å². The van der Waals surface area contributed by atoms with Gasteiger partial charge in [-0.3, -0.25) is 0 Å². The molecule has 1 aliphatic carbocycles. The molecule has 0 aromatic carbocycles. The monoisotopic (exact) mass is 182 g/mol. The first-order valence-corrected chi connectivity index (χ1v) is 5.83. The highest BCUT2D eigenvalue weighted by molar-refractivity contribution is 4.91. The summed E-state index contributed by atoms with van der Waals surface area (Å²) in [6.07, 6.45) is 7.13. The molecular weight excluding hydrogens is 160 g/mol. The Morgan fingerprint density at radius 3 is 2.31 bits per heavy atom. The summed E-state index contributed by atoms with van der Waals surface area (Å²) in [4.78, 5) is 0. The van der Waals surface area contributed by atoms with Crippen LogP contribution in [0.25, 0.3) is 0 Å². The van der Waals surface area contributed by atoms with E-state index in [4.69, 9.17) is 4.74 Å². The maximum atomic E-state index is 5.34. The third-order valence-electron chi connectivity index (χ3n) is 4.36. The van der Waals surface area contributed by atoms with Crippen LogP contribution in [0.4, 0.5) is 0 Å². The van der Waals surface area contributed by atoms with E-state index in [0.29, 0.717) is 5.41 Å². The molecular formula is C12H22O. The zero-order valence-corrected chi connectivity index (χ0v) is 9.01. The minimum atomic E-state index is 0.643. The van der Waals surface area contributed by atoms with Gasteiger partial charge in [-0.2, -0.15) is 0 Å². The van der Waals surface area contributed by atoms with Gasteiger partial charge in [-0.05, 0) is 37.5 Å². The molecule has 13 heavy (non-hydrogen) atoms. The summed E-state index contributed by atoms with van der Waals surface area (Å²) in [6, 6.07) is 0. The Hall–Kier alpha value is -0.0400. The summed E-state index contributed by atoms with van der Waals surface area (Å²) in [6.45, 7) is 6.85. The Labute approximate surface area is 81.9 Å². The van der Waals surface area contributed by atoms with Gasteiger partial charge < -0.3 is 4.74 Å². The van der Waals surface area contributed by atoms with Gasteiger partial charge in [0.2, 0.25) is 0 Å². The van der Waals surface area contributed by atoms with Crippen molar-refractivity contribution in [1.82, 2.24) is 0 Å². The molecule has 1 atom stereocenters. The van der Waals surface area contributed by atoms with Crippen LogP contribution >= 0.6 is 0 Å². The average Bonchev–Trinajstić information content (AvgIpc) is 2.14. The van der Waals surface area contributed by atoms with E-state index < -0.39 is 0 Å². The first-order valence-electron chi connectivity index (χ1n) is 5.83. The van der Waals surface area contributed by atoms with Gasteiger partial charge in [0.1, 0.15) is 0 Å². The molecule has 1 aliphatic heterocycles. The Balaban J connectivity index is 1.82. The van der Waals surface area contributed by atoms with Crippen molar-refractivity contribution in [1.29, 1.82) is 0 Å². The highest BCUT2D eigenvalue weighted by atomic mass is 16.5. The SMILES string of the molecule is CCC(C)C1CCC2(CC1)COC2. The van der Waals surface area contributed by atoms with Crippen LogP contribution in [0.1, 0.15) is 46.0 Å². The van der Waals surface area contributed by atoms with E-state index in [0.717, 1.165) is 25.0 Å². The molecule has 0 aromatic rings. The van der Waals surface area contributed by atoms with Gasteiger partial charge >= 0.3 is 0 Å². The zero-order valence-electron chi connectivity index (χ0n) is 9.01. The quantitative estimate of drug-likeness (QED) is 0.637. The van der Waals surface area contributed by atoms with Crippen LogP contribution in [0.2, 0.25) is 0 Å². The predicted octanol–water partition coefficient (Wildman–Crippen LogP) is 3.24. The third-order valence-corrected chi connectivity index (χ3v) is 4.36. The normalized spacial score (nSPS) is 30.0. The Kier molecular flexibility index (Phi) is 2.64. The van der Waals surface area contributed by atoms with Gasteiger partial charge in [-0.15, -0.1) is 0 Å². The van der Waals surface area contributed by atoms with Crippen molar-refractivity contribution in [3.05, 3.63) is 0 Å². The molecule has 0 aromatic heterocycles. The summed E-state index contributed by atoms with van der Waals surface area (Å²) < 4.78 is 5.34. The van der Waals surface area contributed by atoms with Crippen molar-refractivity contribution in [2.24, 2.45) is 17.3 Å². The second-order valence-corrected chi connectivity index (χ2v) is 5.22. The lowest BCUT2D eigenvalue weighted by molar-refractivity contribution is -0.138. The third kappa shape index (κ3) is 1.76. The van der Waals surface area contributed by atoms with Crippen LogP contribution in [0.3, 0.4) is 0 Å². The van der Waals surface area contributed by atoms with E-state index in [1.54, 1.807) is 0 Å². The second kappa shape index (κ2) is 3.61. The smallest absolute Gasteiger partial charge is 0.0544 e. The highest BCUT2D eigenvalue weighted by Gasteiger charge is 2.41. The fourth-order valence-electron chi connectivity index (χ4n) is 2.83. The molecule has 0 radical (unpaired) electrons. The first kappa shape index (κ1) is 9.51. The lowest BCUT2D eigenvalue weighted by Gasteiger charge is -2.47. The Bertz CT molecular complexity index is 162. The fourth-order valence-corrected chi connectivity index (χ4v) is 2.83. The molecule has 76 valence electrons. The average molecular weight is 182 g/mol. The van der Waals surface area contributed by atoms with Gasteiger partial charge in [0.15, 0.2) is 0 Å². The van der Waals surface area contributed by atoms with Gasteiger partial charge in [0.05, 0.1) is 13.2 Å². The van der Waals surface area contributed by atoms with Gasteiger partial charge in [-0.25, -0.2) is 0 Å².